The largest absolute Gasteiger partial charge is 0.355 e. The van der Waals surface area contributed by atoms with Gasteiger partial charge in [0.25, 0.3) is 0 Å². The van der Waals surface area contributed by atoms with Crippen LogP contribution in [0.3, 0.4) is 0 Å². The number of anilines is 1. The molecule has 0 amide bonds. The Morgan fingerprint density at radius 2 is 1.88 bits per heavy atom. The Morgan fingerprint density at radius 3 is 2.75 bits per heavy atom. The molecule has 1 atom stereocenters. The molecule has 0 bridgehead atoms. The van der Waals surface area contributed by atoms with E-state index in [1.807, 2.05) is 6.07 Å². The van der Waals surface area contributed by atoms with Gasteiger partial charge >= 0.3 is 0 Å². The summed E-state index contributed by atoms with van der Waals surface area (Å²) in [5.74, 6) is 1.08. The van der Waals surface area contributed by atoms with E-state index in [9.17, 15) is 0 Å². The SMILES string of the molecule is Brc1ccc(CNC2CCN(c3ccc4ccccc4n3)C2)cc1. The summed E-state index contributed by atoms with van der Waals surface area (Å²) >= 11 is 3.48. The number of benzene rings is 2. The van der Waals surface area contributed by atoms with Crippen molar-refractivity contribution in [2.24, 2.45) is 0 Å². The molecule has 4 heteroatoms. The molecule has 1 N–H and O–H groups in total. The molecule has 24 heavy (non-hydrogen) atoms. The zero-order valence-electron chi connectivity index (χ0n) is 13.5. The second-order valence-electron chi connectivity index (χ2n) is 6.30. The molecular weight excluding hydrogens is 362 g/mol. The Kier molecular flexibility index (Phi) is 4.50. The van der Waals surface area contributed by atoms with Crippen LogP contribution in [0.4, 0.5) is 5.82 Å². The van der Waals surface area contributed by atoms with Crippen molar-refractivity contribution in [1.29, 1.82) is 0 Å². The number of aromatic nitrogens is 1. The van der Waals surface area contributed by atoms with Crippen LogP contribution in [0.1, 0.15) is 12.0 Å². The Labute approximate surface area is 150 Å². The van der Waals surface area contributed by atoms with Crippen LogP contribution in [-0.2, 0) is 6.54 Å². The van der Waals surface area contributed by atoms with Crippen LogP contribution in [0.5, 0.6) is 0 Å². The lowest BCUT2D eigenvalue weighted by atomic mass is 10.2. The summed E-state index contributed by atoms with van der Waals surface area (Å²) < 4.78 is 1.13. The molecule has 0 radical (unpaired) electrons. The molecule has 1 aliphatic heterocycles. The van der Waals surface area contributed by atoms with Crippen molar-refractivity contribution < 1.29 is 0 Å². The van der Waals surface area contributed by atoms with Crippen LogP contribution in [0.15, 0.2) is 65.1 Å². The summed E-state index contributed by atoms with van der Waals surface area (Å²) in [6.45, 7) is 2.99. The third kappa shape index (κ3) is 3.45. The lowest BCUT2D eigenvalue weighted by Gasteiger charge is -2.18. The number of hydrogen-bond acceptors (Lipinski definition) is 3. The van der Waals surface area contributed by atoms with Crippen molar-refractivity contribution in [1.82, 2.24) is 10.3 Å². The van der Waals surface area contributed by atoms with Gasteiger partial charge in [0.05, 0.1) is 5.52 Å². The predicted molar refractivity (Wildman–Crippen MR) is 103 cm³/mol. The smallest absolute Gasteiger partial charge is 0.129 e. The van der Waals surface area contributed by atoms with Gasteiger partial charge in [-0.05, 0) is 42.3 Å². The topological polar surface area (TPSA) is 28.2 Å². The summed E-state index contributed by atoms with van der Waals surface area (Å²) in [6, 6.07) is 21.6. The van der Waals surface area contributed by atoms with Crippen LogP contribution >= 0.6 is 15.9 Å². The molecule has 4 rings (SSSR count). The summed E-state index contributed by atoms with van der Waals surface area (Å²) in [5.41, 5.74) is 2.39. The lowest BCUT2D eigenvalue weighted by Crippen LogP contribution is -2.32. The fourth-order valence-electron chi connectivity index (χ4n) is 3.23. The zero-order valence-corrected chi connectivity index (χ0v) is 15.0. The minimum atomic E-state index is 0.516. The van der Waals surface area contributed by atoms with Crippen molar-refractivity contribution in [2.75, 3.05) is 18.0 Å². The van der Waals surface area contributed by atoms with Gasteiger partial charge < -0.3 is 10.2 Å². The Morgan fingerprint density at radius 1 is 1.04 bits per heavy atom. The molecule has 1 saturated heterocycles. The van der Waals surface area contributed by atoms with E-state index in [-0.39, 0.29) is 0 Å². The molecule has 2 aromatic carbocycles. The summed E-state index contributed by atoms with van der Waals surface area (Å²) in [7, 11) is 0. The van der Waals surface area contributed by atoms with Gasteiger partial charge in [-0.15, -0.1) is 0 Å². The second kappa shape index (κ2) is 6.91. The van der Waals surface area contributed by atoms with E-state index in [2.05, 4.69) is 80.7 Å². The molecular formula is C20H20BrN3. The second-order valence-corrected chi connectivity index (χ2v) is 7.22. The standard InChI is InChI=1S/C20H20BrN3/c21-17-8-5-15(6-9-17)13-22-18-11-12-24(14-18)20-10-7-16-3-1-2-4-19(16)23-20/h1-10,18,22H,11-14H2. The monoisotopic (exact) mass is 381 g/mol. The molecule has 1 aliphatic rings. The Bertz CT molecular complexity index is 832. The maximum Gasteiger partial charge on any atom is 0.129 e. The molecule has 1 fully saturated rings. The molecule has 0 saturated carbocycles. The van der Waals surface area contributed by atoms with Crippen molar-refractivity contribution in [3.8, 4) is 0 Å². The van der Waals surface area contributed by atoms with Gasteiger partial charge in [0.2, 0.25) is 0 Å². The normalized spacial score (nSPS) is 17.5. The van der Waals surface area contributed by atoms with Crippen LogP contribution < -0.4 is 10.2 Å². The van der Waals surface area contributed by atoms with Crippen molar-refractivity contribution in [2.45, 2.75) is 19.0 Å². The molecule has 3 nitrogen and oxygen atoms in total. The fraction of sp³-hybridized carbons (Fsp3) is 0.250. The number of fused-ring (bicyclic) bond motifs is 1. The number of rotatable bonds is 4. The van der Waals surface area contributed by atoms with Gasteiger partial charge in [0, 0.05) is 35.5 Å². The lowest BCUT2D eigenvalue weighted by molar-refractivity contribution is 0.551. The first-order valence-corrected chi connectivity index (χ1v) is 9.16. The first-order chi connectivity index (χ1) is 11.8. The van der Waals surface area contributed by atoms with E-state index in [0.717, 1.165) is 41.9 Å². The predicted octanol–water partition coefficient (Wildman–Crippen LogP) is 4.37. The van der Waals surface area contributed by atoms with E-state index >= 15 is 0 Å². The van der Waals surface area contributed by atoms with Crippen molar-refractivity contribution in [3.63, 3.8) is 0 Å². The van der Waals surface area contributed by atoms with Crippen LogP contribution in [0.2, 0.25) is 0 Å². The number of para-hydroxylation sites is 1. The number of halogens is 1. The van der Waals surface area contributed by atoms with Crippen molar-refractivity contribution in [3.05, 3.63) is 70.7 Å². The third-order valence-corrected chi connectivity index (χ3v) is 5.13. The molecule has 3 aromatic rings. The maximum absolute atomic E-state index is 4.81. The highest BCUT2D eigenvalue weighted by Gasteiger charge is 2.23. The third-order valence-electron chi connectivity index (χ3n) is 4.60. The van der Waals surface area contributed by atoms with Gasteiger partial charge in [0.15, 0.2) is 0 Å². The van der Waals surface area contributed by atoms with Gasteiger partial charge in [-0.1, -0.05) is 46.3 Å². The van der Waals surface area contributed by atoms with Gasteiger partial charge in [0.1, 0.15) is 5.82 Å². The maximum atomic E-state index is 4.81. The molecule has 0 aliphatic carbocycles. The first-order valence-electron chi connectivity index (χ1n) is 8.36. The highest BCUT2D eigenvalue weighted by atomic mass is 79.9. The molecule has 2 heterocycles. The van der Waals surface area contributed by atoms with E-state index in [4.69, 9.17) is 4.98 Å². The minimum absolute atomic E-state index is 0.516. The fourth-order valence-corrected chi connectivity index (χ4v) is 3.50. The minimum Gasteiger partial charge on any atom is -0.355 e. The van der Waals surface area contributed by atoms with Gasteiger partial charge in [-0.3, -0.25) is 0 Å². The zero-order chi connectivity index (χ0) is 16.4. The number of hydrogen-bond donors (Lipinski definition) is 1. The van der Waals surface area contributed by atoms with E-state index in [1.54, 1.807) is 0 Å². The summed E-state index contributed by atoms with van der Waals surface area (Å²) in [4.78, 5) is 7.19. The van der Waals surface area contributed by atoms with Gasteiger partial charge in [-0.2, -0.15) is 0 Å². The Balaban J connectivity index is 1.39. The number of nitrogens with one attached hydrogen (secondary N) is 1. The average Bonchev–Trinajstić information content (AvgIpc) is 3.10. The van der Waals surface area contributed by atoms with Crippen LogP contribution in [0.25, 0.3) is 10.9 Å². The summed E-state index contributed by atoms with van der Waals surface area (Å²) in [6.07, 6.45) is 1.16. The first kappa shape index (κ1) is 15.6. The van der Waals surface area contributed by atoms with Gasteiger partial charge in [-0.25, -0.2) is 4.98 Å². The quantitative estimate of drug-likeness (QED) is 0.727. The highest BCUT2D eigenvalue weighted by Crippen LogP contribution is 2.22. The van der Waals surface area contributed by atoms with Crippen molar-refractivity contribution >= 4 is 32.7 Å². The van der Waals surface area contributed by atoms with E-state index in [1.165, 1.54) is 10.9 Å². The van der Waals surface area contributed by atoms with Crippen LogP contribution in [-0.4, -0.2) is 24.1 Å². The van der Waals surface area contributed by atoms with Crippen LogP contribution in [0, 0.1) is 0 Å². The number of nitrogens with zero attached hydrogens (tertiary/aromatic N) is 2. The van der Waals surface area contributed by atoms with E-state index in [0.29, 0.717) is 6.04 Å². The molecule has 1 aromatic heterocycles. The Hall–Kier alpha value is -1.91. The average molecular weight is 382 g/mol. The molecule has 0 spiro atoms. The van der Waals surface area contributed by atoms with E-state index < -0.39 is 0 Å². The number of pyridine rings is 1. The summed E-state index contributed by atoms with van der Waals surface area (Å²) in [5, 5.41) is 4.87. The molecule has 122 valence electrons. The molecule has 1 unspecified atom stereocenters. The highest BCUT2D eigenvalue weighted by molar-refractivity contribution is 9.10.